The number of hydrogen-bond acceptors (Lipinski definition) is 2. The predicted molar refractivity (Wildman–Crippen MR) is 94.7 cm³/mol. The molecule has 2 rings (SSSR count). The molecule has 3 heteroatoms. The minimum Gasteiger partial charge on any atom is -0.370 e. The first-order valence-corrected chi connectivity index (χ1v) is 8.18. The molecule has 0 radical (unpaired) electrons. The Balaban J connectivity index is 2.17. The van der Waals surface area contributed by atoms with E-state index in [1.54, 1.807) is 0 Å². The van der Waals surface area contributed by atoms with E-state index in [4.69, 9.17) is 5.73 Å². The van der Waals surface area contributed by atoms with Crippen molar-refractivity contribution in [3.8, 4) is 0 Å². The van der Waals surface area contributed by atoms with Crippen molar-refractivity contribution in [1.29, 1.82) is 0 Å². The molecule has 21 heavy (non-hydrogen) atoms. The SMILES string of the molecule is CCC(N)Cc1ccccc1N(C)Cc1cccc(Br)c1. The monoisotopic (exact) mass is 346 g/mol. The van der Waals surface area contributed by atoms with Crippen LogP contribution >= 0.6 is 15.9 Å². The van der Waals surface area contributed by atoms with E-state index in [1.807, 2.05) is 0 Å². The maximum Gasteiger partial charge on any atom is 0.0426 e. The predicted octanol–water partition coefficient (Wildman–Crippen LogP) is 4.37. The summed E-state index contributed by atoms with van der Waals surface area (Å²) in [5.74, 6) is 0. The second kappa shape index (κ2) is 7.62. The Morgan fingerprint density at radius 2 is 1.90 bits per heavy atom. The number of halogens is 1. The minimum absolute atomic E-state index is 0.227. The van der Waals surface area contributed by atoms with Gasteiger partial charge in [0.2, 0.25) is 0 Å². The van der Waals surface area contributed by atoms with Gasteiger partial charge >= 0.3 is 0 Å². The first kappa shape index (κ1) is 16.1. The van der Waals surface area contributed by atoms with Crippen LogP contribution in [0.5, 0.6) is 0 Å². The van der Waals surface area contributed by atoms with Gasteiger partial charge in [0.25, 0.3) is 0 Å². The third-order valence-electron chi connectivity index (χ3n) is 3.72. The van der Waals surface area contributed by atoms with Crippen LogP contribution in [0.25, 0.3) is 0 Å². The second-order valence-corrected chi connectivity index (χ2v) is 6.40. The molecule has 2 aromatic carbocycles. The Morgan fingerprint density at radius 3 is 2.62 bits per heavy atom. The lowest BCUT2D eigenvalue weighted by molar-refractivity contribution is 0.645. The van der Waals surface area contributed by atoms with Crippen LogP contribution in [-0.2, 0) is 13.0 Å². The standard InChI is InChI=1S/C18H23BrN2/c1-3-17(20)12-15-8-4-5-10-18(15)21(2)13-14-7-6-9-16(19)11-14/h4-11,17H,3,12-13,20H2,1-2H3. The third-order valence-corrected chi connectivity index (χ3v) is 4.21. The molecule has 1 unspecified atom stereocenters. The highest BCUT2D eigenvalue weighted by molar-refractivity contribution is 9.10. The quantitative estimate of drug-likeness (QED) is 0.841. The fraction of sp³-hybridized carbons (Fsp3) is 0.333. The highest BCUT2D eigenvalue weighted by Crippen LogP contribution is 2.23. The van der Waals surface area contributed by atoms with Crippen LogP contribution < -0.4 is 10.6 Å². The van der Waals surface area contributed by atoms with Gasteiger partial charge in [-0.1, -0.05) is 53.2 Å². The molecule has 0 fully saturated rings. The number of para-hydroxylation sites is 1. The summed E-state index contributed by atoms with van der Waals surface area (Å²) in [6.07, 6.45) is 1.93. The Bertz CT molecular complexity index is 583. The molecule has 0 amide bonds. The number of benzene rings is 2. The van der Waals surface area contributed by atoms with Crippen molar-refractivity contribution in [2.45, 2.75) is 32.4 Å². The van der Waals surface area contributed by atoms with Gasteiger partial charge in [-0.3, -0.25) is 0 Å². The molecule has 0 aromatic heterocycles. The first-order valence-electron chi connectivity index (χ1n) is 7.39. The molecule has 0 saturated heterocycles. The smallest absolute Gasteiger partial charge is 0.0426 e. The Kier molecular flexibility index (Phi) is 5.83. The lowest BCUT2D eigenvalue weighted by Crippen LogP contribution is -2.24. The van der Waals surface area contributed by atoms with E-state index in [0.29, 0.717) is 0 Å². The summed E-state index contributed by atoms with van der Waals surface area (Å²) in [4.78, 5) is 2.29. The zero-order chi connectivity index (χ0) is 15.2. The van der Waals surface area contributed by atoms with Crippen molar-refractivity contribution in [2.75, 3.05) is 11.9 Å². The van der Waals surface area contributed by atoms with Gasteiger partial charge in [-0.05, 0) is 42.2 Å². The zero-order valence-corrected chi connectivity index (χ0v) is 14.3. The van der Waals surface area contributed by atoms with Crippen LogP contribution in [0, 0.1) is 0 Å². The molecular weight excluding hydrogens is 324 g/mol. The van der Waals surface area contributed by atoms with Gasteiger partial charge < -0.3 is 10.6 Å². The van der Waals surface area contributed by atoms with Gasteiger partial charge in [0.15, 0.2) is 0 Å². The molecule has 0 spiro atoms. The van der Waals surface area contributed by atoms with Gasteiger partial charge in [0.05, 0.1) is 0 Å². The second-order valence-electron chi connectivity index (χ2n) is 5.49. The van der Waals surface area contributed by atoms with E-state index >= 15 is 0 Å². The van der Waals surface area contributed by atoms with Gasteiger partial charge in [-0.25, -0.2) is 0 Å². The van der Waals surface area contributed by atoms with Gasteiger partial charge in [-0.2, -0.15) is 0 Å². The van der Waals surface area contributed by atoms with E-state index in [-0.39, 0.29) is 6.04 Å². The summed E-state index contributed by atoms with van der Waals surface area (Å²) < 4.78 is 1.12. The average molecular weight is 347 g/mol. The van der Waals surface area contributed by atoms with Gasteiger partial charge in [0.1, 0.15) is 0 Å². The molecule has 0 aliphatic carbocycles. The molecule has 2 N–H and O–H groups in total. The minimum atomic E-state index is 0.227. The molecule has 0 heterocycles. The summed E-state index contributed by atoms with van der Waals surface area (Å²) in [6, 6.07) is 17.2. The number of hydrogen-bond donors (Lipinski definition) is 1. The number of rotatable bonds is 6. The fourth-order valence-corrected chi connectivity index (χ4v) is 2.92. The van der Waals surface area contributed by atoms with E-state index in [2.05, 4.69) is 83.3 Å². The van der Waals surface area contributed by atoms with Gasteiger partial charge in [0, 0.05) is 29.8 Å². The van der Waals surface area contributed by atoms with Crippen LogP contribution in [0.3, 0.4) is 0 Å². The molecule has 1 atom stereocenters. The van der Waals surface area contributed by atoms with Crippen molar-refractivity contribution < 1.29 is 0 Å². The van der Waals surface area contributed by atoms with Crippen molar-refractivity contribution in [2.24, 2.45) is 5.73 Å². The molecule has 0 aliphatic heterocycles. The van der Waals surface area contributed by atoms with Gasteiger partial charge in [-0.15, -0.1) is 0 Å². The molecular formula is C18H23BrN2. The summed E-state index contributed by atoms with van der Waals surface area (Å²) in [6.45, 7) is 3.02. The van der Waals surface area contributed by atoms with Crippen LogP contribution in [0.1, 0.15) is 24.5 Å². The molecule has 0 saturated carbocycles. The lowest BCUT2D eigenvalue weighted by Gasteiger charge is -2.24. The first-order chi connectivity index (χ1) is 10.1. The molecule has 112 valence electrons. The Labute approximate surface area is 136 Å². The Hall–Kier alpha value is -1.32. The molecule has 0 aliphatic rings. The number of nitrogens with two attached hydrogens (primary N) is 1. The summed E-state index contributed by atoms with van der Waals surface area (Å²) in [5, 5.41) is 0. The molecule has 2 nitrogen and oxygen atoms in total. The third kappa shape index (κ3) is 4.58. The van der Waals surface area contributed by atoms with Crippen molar-refractivity contribution in [3.63, 3.8) is 0 Å². The summed E-state index contributed by atoms with van der Waals surface area (Å²) in [5.41, 5.74) is 10.0. The largest absolute Gasteiger partial charge is 0.370 e. The lowest BCUT2D eigenvalue weighted by atomic mass is 10.0. The van der Waals surface area contributed by atoms with Crippen molar-refractivity contribution >= 4 is 21.6 Å². The maximum absolute atomic E-state index is 6.12. The van der Waals surface area contributed by atoms with Crippen LogP contribution in [0.15, 0.2) is 53.0 Å². The highest BCUT2D eigenvalue weighted by Gasteiger charge is 2.10. The van der Waals surface area contributed by atoms with Crippen molar-refractivity contribution in [1.82, 2.24) is 0 Å². The van der Waals surface area contributed by atoms with Crippen LogP contribution in [-0.4, -0.2) is 13.1 Å². The van der Waals surface area contributed by atoms with E-state index in [0.717, 1.165) is 23.9 Å². The summed E-state index contributed by atoms with van der Waals surface area (Å²) >= 11 is 3.53. The van der Waals surface area contributed by atoms with Crippen molar-refractivity contribution in [3.05, 3.63) is 64.1 Å². The van der Waals surface area contributed by atoms with Crippen LogP contribution in [0.4, 0.5) is 5.69 Å². The summed E-state index contributed by atoms with van der Waals surface area (Å²) in [7, 11) is 2.14. The normalized spacial score (nSPS) is 12.2. The topological polar surface area (TPSA) is 29.3 Å². The Morgan fingerprint density at radius 1 is 1.14 bits per heavy atom. The highest BCUT2D eigenvalue weighted by atomic mass is 79.9. The number of nitrogens with zero attached hydrogens (tertiary/aromatic N) is 1. The van der Waals surface area contributed by atoms with E-state index in [1.165, 1.54) is 16.8 Å². The average Bonchev–Trinajstić information content (AvgIpc) is 2.47. The maximum atomic E-state index is 6.12. The number of anilines is 1. The fourth-order valence-electron chi connectivity index (χ4n) is 2.48. The van der Waals surface area contributed by atoms with E-state index < -0.39 is 0 Å². The van der Waals surface area contributed by atoms with E-state index in [9.17, 15) is 0 Å². The zero-order valence-electron chi connectivity index (χ0n) is 12.7. The van der Waals surface area contributed by atoms with Crippen LogP contribution in [0.2, 0.25) is 0 Å². The molecule has 0 bridgehead atoms. The molecule has 2 aromatic rings.